The summed E-state index contributed by atoms with van der Waals surface area (Å²) in [4.78, 5) is 12.6. The maximum atomic E-state index is 12.6. The van der Waals surface area contributed by atoms with Crippen molar-refractivity contribution in [1.29, 1.82) is 0 Å². The van der Waals surface area contributed by atoms with Gasteiger partial charge in [-0.3, -0.25) is 4.79 Å². The van der Waals surface area contributed by atoms with Gasteiger partial charge in [-0.15, -0.1) is 0 Å². The second kappa shape index (κ2) is 4.98. The Hall–Kier alpha value is -2.75. The van der Waals surface area contributed by atoms with Crippen molar-refractivity contribution in [2.75, 3.05) is 14.2 Å². The van der Waals surface area contributed by atoms with Gasteiger partial charge in [0, 0.05) is 11.1 Å². The van der Waals surface area contributed by atoms with E-state index >= 15 is 0 Å². The lowest BCUT2D eigenvalue weighted by atomic mass is 10.0. The number of aliphatic hydroxyl groups is 1. The van der Waals surface area contributed by atoms with Crippen LogP contribution in [0.25, 0.3) is 11.3 Å². The number of methoxy groups -OCH3 is 2. The second-order valence-corrected chi connectivity index (χ2v) is 4.67. The smallest absolute Gasteiger partial charge is 0.198 e. The van der Waals surface area contributed by atoms with Crippen molar-refractivity contribution in [3.05, 3.63) is 59.2 Å². The molecule has 106 valence electrons. The molecule has 0 unspecified atom stereocenters. The highest BCUT2D eigenvalue weighted by Gasteiger charge is 2.32. The van der Waals surface area contributed by atoms with Crippen LogP contribution in [0.4, 0.5) is 0 Å². The van der Waals surface area contributed by atoms with Crippen LogP contribution in [-0.2, 0) is 0 Å². The van der Waals surface area contributed by atoms with Gasteiger partial charge in [0.1, 0.15) is 5.76 Å². The van der Waals surface area contributed by atoms with Gasteiger partial charge in [-0.2, -0.15) is 0 Å². The van der Waals surface area contributed by atoms with Crippen LogP contribution in [0.3, 0.4) is 0 Å². The fourth-order valence-corrected chi connectivity index (χ4v) is 2.51. The zero-order valence-corrected chi connectivity index (χ0v) is 11.7. The first-order chi connectivity index (χ1) is 10.2. The molecule has 0 aromatic heterocycles. The van der Waals surface area contributed by atoms with Crippen LogP contribution in [-0.4, -0.2) is 25.1 Å². The average molecular weight is 282 g/mol. The van der Waals surface area contributed by atoms with Gasteiger partial charge in [0.25, 0.3) is 0 Å². The number of aliphatic hydroxyl groups excluding tert-OH is 1. The molecule has 0 fully saturated rings. The molecule has 2 aromatic rings. The number of hydrogen-bond acceptors (Lipinski definition) is 4. The Bertz CT molecular complexity index is 745. The third-order valence-corrected chi connectivity index (χ3v) is 3.55. The summed E-state index contributed by atoms with van der Waals surface area (Å²) >= 11 is 0. The molecule has 0 atom stereocenters. The summed E-state index contributed by atoms with van der Waals surface area (Å²) in [6.45, 7) is 0. The number of allylic oxidation sites excluding steroid dienone is 1. The molecular weight excluding hydrogens is 268 g/mol. The highest BCUT2D eigenvalue weighted by Crippen LogP contribution is 2.42. The monoisotopic (exact) mass is 282 g/mol. The van der Waals surface area contributed by atoms with Crippen LogP contribution in [0.1, 0.15) is 21.5 Å². The molecule has 4 heteroatoms. The summed E-state index contributed by atoms with van der Waals surface area (Å²) in [5.74, 6) is 0.702. The summed E-state index contributed by atoms with van der Waals surface area (Å²) in [7, 11) is 3.02. The standard InChI is InChI=1S/C17H14O4/c1-20-13-8-11-12(9-14(13)21-2)17(19)15(16(11)18)10-6-4-3-5-7-10/h3-9,18H,1-2H3. The molecule has 0 saturated carbocycles. The Morgan fingerprint density at radius 1 is 0.905 bits per heavy atom. The van der Waals surface area contributed by atoms with Crippen molar-refractivity contribution in [1.82, 2.24) is 0 Å². The van der Waals surface area contributed by atoms with Crippen molar-refractivity contribution >= 4 is 17.1 Å². The third-order valence-electron chi connectivity index (χ3n) is 3.55. The molecule has 2 aromatic carbocycles. The van der Waals surface area contributed by atoms with Gasteiger partial charge in [0.15, 0.2) is 17.3 Å². The van der Waals surface area contributed by atoms with E-state index in [9.17, 15) is 9.90 Å². The zero-order valence-electron chi connectivity index (χ0n) is 11.7. The first-order valence-electron chi connectivity index (χ1n) is 6.47. The topological polar surface area (TPSA) is 55.8 Å². The van der Waals surface area contributed by atoms with Gasteiger partial charge in [0.2, 0.25) is 0 Å². The first kappa shape index (κ1) is 13.2. The lowest BCUT2D eigenvalue weighted by molar-refractivity contribution is 0.105. The molecule has 0 saturated heterocycles. The summed E-state index contributed by atoms with van der Waals surface area (Å²) in [6, 6.07) is 12.3. The normalized spacial score (nSPS) is 13.3. The Morgan fingerprint density at radius 2 is 1.48 bits per heavy atom. The van der Waals surface area contributed by atoms with Crippen molar-refractivity contribution in [2.45, 2.75) is 0 Å². The number of carbonyl (C=O) groups excluding carboxylic acids is 1. The molecule has 0 bridgehead atoms. The third kappa shape index (κ3) is 1.96. The van der Waals surface area contributed by atoms with Crippen molar-refractivity contribution in [2.24, 2.45) is 0 Å². The van der Waals surface area contributed by atoms with E-state index in [-0.39, 0.29) is 11.5 Å². The highest BCUT2D eigenvalue weighted by atomic mass is 16.5. The van der Waals surface area contributed by atoms with E-state index in [1.807, 2.05) is 18.2 Å². The van der Waals surface area contributed by atoms with E-state index < -0.39 is 0 Å². The minimum absolute atomic E-state index is 0.0258. The van der Waals surface area contributed by atoms with Gasteiger partial charge < -0.3 is 14.6 Å². The summed E-state index contributed by atoms with van der Waals surface area (Å²) in [5.41, 5.74) is 1.88. The Labute approximate surface area is 122 Å². The molecule has 0 heterocycles. The molecule has 4 nitrogen and oxygen atoms in total. The Morgan fingerprint density at radius 3 is 2.05 bits per heavy atom. The van der Waals surface area contributed by atoms with E-state index in [1.54, 1.807) is 24.3 Å². The number of ether oxygens (including phenoxy) is 2. The zero-order chi connectivity index (χ0) is 15.0. The summed E-state index contributed by atoms with van der Waals surface area (Å²) < 4.78 is 10.4. The molecule has 0 amide bonds. The van der Waals surface area contributed by atoms with Crippen LogP contribution >= 0.6 is 0 Å². The predicted octanol–water partition coefficient (Wildman–Crippen LogP) is 3.33. The highest BCUT2D eigenvalue weighted by molar-refractivity contribution is 6.39. The lowest BCUT2D eigenvalue weighted by Gasteiger charge is -2.09. The largest absolute Gasteiger partial charge is 0.506 e. The minimum atomic E-state index is -0.213. The quantitative estimate of drug-likeness (QED) is 0.938. The van der Waals surface area contributed by atoms with Gasteiger partial charge >= 0.3 is 0 Å². The molecular formula is C17H14O4. The Kier molecular flexibility index (Phi) is 3.14. The number of hydrogen-bond donors (Lipinski definition) is 1. The molecule has 3 rings (SSSR count). The van der Waals surface area contributed by atoms with E-state index in [0.717, 1.165) is 0 Å². The van der Waals surface area contributed by atoms with Gasteiger partial charge in [-0.1, -0.05) is 30.3 Å². The molecule has 1 aliphatic carbocycles. The lowest BCUT2D eigenvalue weighted by Crippen LogP contribution is -2.00. The van der Waals surface area contributed by atoms with E-state index in [0.29, 0.717) is 33.8 Å². The molecule has 0 radical (unpaired) electrons. The average Bonchev–Trinajstić information content (AvgIpc) is 2.77. The van der Waals surface area contributed by atoms with E-state index in [1.165, 1.54) is 14.2 Å². The number of carbonyl (C=O) groups is 1. The van der Waals surface area contributed by atoms with Crippen LogP contribution in [0.5, 0.6) is 11.5 Å². The molecule has 1 aliphatic rings. The number of fused-ring (bicyclic) bond motifs is 1. The van der Waals surface area contributed by atoms with E-state index in [4.69, 9.17) is 9.47 Å². The van der Waals surface area contributed by atoms with E-state index in [2.05, 4.69) is 0 Å². The molecule has 0 spiro atoms. The van der Waals surface area contributed by atoms with Gasteiger partial charge in [-0.25, -0.2) is 0 Å². The summed E-state index contributed by atoms with van der Waals surface area (Å²) in [6.07, 6.45) is 0. The maximum absolute atomic E-state index is 12.6. The SMILES string of the molecule is COc1cc2c(cc1OC)C(O)=C(c1ccccc1)C2=O. The van der Waals surface area contributed by atoms with Crippen LogP contribution in [0.15, 0.2) is 42.5 Å². The predicted molar refractivity (Wildman–Crippen MR) is 79.8 cm³/mol. The second-order valence-electron chi connectivity index (χ2n) is 4.67. The number of ketones is 1. The molecule has 1 N–H and O–H groups in total. The van der Waals surface area contributed by atoms with Crippen molar-refractivity contribution in [3.63, 3.8) is 0 Å². The van der Waals surface area contributed by atoms with Crippen LogP contribution in [0, 0.1) is 0 Å². The molecule has 0 aliphatic heterocycles. The van der Waals surface area contributed by atoms with Crippen LogP contribution < -0.4 is 9.47 Å². The minimum Gasteiger partial charge on any atom is -0.506 e. The molecule has 21 heavy (non-hydrogen) atoms. The number of Topliss-reactive ketones (excluding diaryl/α,β-unsaturated/α-hetero) is 1. The fraction of sp³-hybridized carbons (Fsp3) is 0.118. The van der Waals surface area contributed by atoms with Crippen LogP contribution in [0.2, 0.25) is 0 Å². The number of benzene rings is 2. The first-order valence-corrected chi connectivity index (χ1v) is 6.47. The fourth-order valence-electron chi connectivity index (χ4n) is 2.51. The van der Waals surface area contributed by atoms with Crippen molar-refractivity contribution < 1.29 is 19.4 Å². The maximum Gasteiger partial charge on any atom is 0.198 e. The van der Waals surface area contributed by atoms with Gasteiger partial charge in [-0.05, 0) is 17.7 Å². The van der Waals surface area contributed by atoms with Crippen molar-refractivity contribution in [3.8, 4) is 11.5 Å². The number of rotatable bonds is 3. The van der Waals surface area contributed by atoms with Gasteiger partial charge in [0.05, 0.1) is 19.8 Å². The summed E-state index contributed by atoms with van der Waals surface area (Å²) in [5, 5.41) is 10.4. The Balaban J connectivity index is 2.19.